The number of nitrogens with two attached hydrogens (primary N) is 1. The molecule has 1 aliphatic rings. The predicted molar refractivity (Wildman–Crippen MR) is 65.4 cm³/mol. The van der Waals surface area contributed by atoms with Gasteiger partial charge in [-0.25, -0.2) is 0 Å². The van der Waals surface area contributed by atoms with Crippen LogP contribution in [0.25, 0.3) is 0 Å². The third-order valence-electron chi connectivity index (χ3n) is 2.98. The third-order valence-corrected chi connectivity index (χ3v) is 2.98. The predicted octanol–water partition coefficient (Wildman–Crippen LogP) is 0.629. The molecule has 1 heterocycles. The molecule has 1 fully saturated rings. The first-order valence-electron chi connectivity index (χ1n) is 6.25. The van der Waals surface area contributed by atoms with Gasteiger partial charge < -0.3 is 20.5 Å². The van der Waals surface area contributed by atoms with Crippen LogP contribution in [0, 0.1) is 5.92 Å². The van der Waals surface area contributed by atoms with Gasteiger partial charge in [0.2, 0.25) is 5.91 Å². The van der Waals surface area contributed by atoms with E-state index in [9.17, 15) is 4.79 Å². The fourth-order valence-electron chi connectivity index (χ4n) is 1.82. The molecule has 1 rings (SSSR count). The van der Waals surface area contributed by atoms with Crippen molar-refractivity contribution < 1.29 is 14.3 Å². The van der Waals surface area contributed by atoms with E-state index < -0.39 is 5.79 Å². The van der Waals surface area contributed by atoms with Crippen molar-refractivity contribution >= 4 is 5.91 Å². The van der Waals surface area contributed by atoms with Crippen LogP contribution in [0.5, 0.6) is 0 Å². The van der Waals surface area contributed by atoms with E-state index in [1.807, 2.05) is 20.8 Å². The summed E-state index contributed by atoms with van der Waals surface area (Å²) in [7, 11) is 0. The number of hydrogen-bond donors (Lipinski definition) is 2. The highest BCUT2D eigenvalue weighted by molar-refractivity contribution is 5.76. The summed E-state index contributed by atoms with van der Waals surface area (Å²) in [5.41, 5.74) is 5.56. The molecule has 1 saturated heterocycles. The summed E-state index contributed by atoms with van der Waals surface area (Å²) in [5, 5.41) is 2.86. The van der Waals surface area contributed by atoms with Crippen molar-refractivity contribution in [2.24, 2.45) is 11.7 Å². The standard InChI is InChI=1S/C12H24N2O3/c1-4-9(6-13)5-11(15)14-7-10-8-16-12(2,3)17-10/h9-10H,4-8,13H2,1-3H3,(H,14,15). The first-order chi connectivity index (χ1) is 7.96. The van der Waals surface area contributed by atoms with Gasteiger partial charge in [-0.05, 0) is 26.3 Å². The maximum absolute atomic E-state index is 11.6. The zero-order chi connectivity index (χ0) is 12.9. The van der Waals surface area contributed by atoms with Crippen LogP contribution in [-0.4, -0.2) is 37.5 Å². The highest BCUT2D eigenvalue weighted by atomic mass is 16.7. The maximum Gasteiger partial charge on any atom is 0.220 e. The van der Waals surface area contributed by atoms with Crippen LogP contribution in [0.2, 0.25) is 0 Å². The summed E-state index contributed by atoms with van der Waals surface area (Å²) in [6, 6.07) is 0. The van der Waals surface area contributed by atoms with Gasteiger partial charge in [-0.3, -0.25) is 4.79 Å². The second kappa shape index (κ2) is 6.33. The fraction of sp³-hybridized carbons (Fsp3) is 0.917. The van der Waals surface area contributed by atoms with E-state index in [1.165, 1.54) is 0 Å². The SMILES string of the molecule is CCC(CN)CC(=O)NCC1COC(C)(C)O1. The Bertz CT molecular complexity index is 252. The molecule has 0 aromatic carbocycles. The number of amides is 1. The van der Waals surface area contributed by atoms with Crippen molar-refractivity contribution in [3.63, 3.8) is 0 Å². The lowest BCUT2D eigenvalue weighted by molar-refractivity contribution is -0.139. The lowest BCUT2D eigenvalue weighted by Gasteiger charge is -2.17. The van der Waals surface area contributed by atoms with E-state index in [-0.39, 0.29) is 17.9 Å². The molecule has 0 aromatic heterocycles. The highest BCUT2D eigenvalue weighted by Gasteiger charge is 2.32. The van der Waals surface area contributed by atoms with Crippen LogP contribution in [-0.2, 0) is 14.3 Å². The normalized spacial score (nSPS) is 24.6. The van der Waals surface area contributed by atoms with Gasteiger partial charge >= 0.3 is 0 Å². The number of ether oxygens (including phenoxy) is 2. The molecular formula is C12H24N2O3. The van der Waals surface area contributed by atoms with Crippen LogP contribution < -0.4 is 11.1 Å². The fourth-order valence-corrected chi connectivity index (χ4v) is 1.82. The molecule has 1 aliphatic heterocycles. The number of carbonyl (C=O) groups excluding carboxylic acids is 1. The van der Waals surface area contributed by atoms with E-state index in [4.69, 9.17) is 15.2 Å². The summed E-state index contributed by atoms with van der Waals surface area (Å²) in [6.45, 7) is 7.37. The number of rotatable bonds is 6. The first-order valence-corrected chi connectivity index (χ1v) is 6.25. The van der Waals surface area contributed by atoms with Gasteiger partial charge in [0.25, 0.3) is 0 Å². The molecule has 0 aromatic rings. The molecule has 0 radical (unpaired) electrons. The van der Waals surface area contributed by atoms with Gasteiger partial charge in [-0.1, -0.05) is 13.3 Å². The minimum Gasteiger partial charge on any atom is -0.353 e. The quantitative estimate of drug-likeness (QED) is 0.718. The van der Waals surface area contributed by atoms with Crippen LogP contribution in [0.1, 0.15) is 33.6 Å². The second-order valence-electron chi connectivity index (χ2n) is 4.97. The van der Waals surface area contributed by atoms with Gasteiger partial charge in [0.15, 0.2) is 5.79 Å². The number of carbonyl (C=O) groups is 1. The third kappa shape index (κ3) is 5.02. The zero-order valence-electron chi connectivity index (χ0n) is 11.0. The van der Waals surface area contributed by atoms with Crippen molar-refractivity contribution in [1.29, 1.82) is 0 Å². The van der Waals surface area contributed by atoms with Crippen LogP contribution in [0.4, 0.5) is 0 Å². The van der Waals surface area contributed by atoms with Gasteiger partial charge in [-0.15, -0.1) is 0 Å². The van der Waals surface area contributed by atoms with Crippen LogP contribution in [0.3, 0.4) is 0 Å². The summed E-state index contributed by atoms with van der Waals surface area (Å²) >= 11 is 0. The Morgan fingerprint density at radius 1 is 1.59 bits per heavy atom. The van der Waals surface area contributed by atoms with E-state index in [0.29, 0.717) is 26.1 Å². The van der Waals surface area contributed by atoms with E-state index >= 15 is 0 Å². The molecule has 2 atom stereocenters. The van der Waals surface area contributed by atoms with Gasteiger partial charge in [0.05, 0.1) is 6.61 Å². The smallest absolute Gasteiger partial charge is 0.220 e. The van der Waals surface area contributed by atoms with E-state index in [0.717, 1.165) is 6.42 Å². The molecule has 0 spiro atoms. The van der Waals surface area contributed by atoms with Crippen LogP contribution in [0.15, 0.2) is 0 Å². The Morgan fingerprint density at radius 3 is 2.76 bits per heavy atom. The Labute approximate surface area is 103 Å². The van der Waals surface area contributed by atoms with Gasteiger partial charge in [-0.2, -0.15) is 0 Å². The van der Waals surface area contributed by atoms with Gasteiger partial charge in [0.1, 0.15) is 6.10 Å². The molecule has 0 aliphatic carbocycles. The maximum atomic E-state index is 11.6. The summed E-state index contributed by atoms with van der Waals surface area (Å²) < 4.78 is 11.0. The lowest BCUT2D eigenvalue weighted by Crippen LogP contribution is -2.35. The van der Waals surface area contributed by atoms with Gasteiger partial charge in [0, 0.05) is 13.0 Å². The minimum absolute atomic E-state index is 0.0376. The molecule has 0 bridgehead atoms. The highest BCUT2D eigenvalue weighted by Crippen LogP contribution is 2.21. The molecule has 5 nitrogen and oxygen atoms in total. The molecule has 5 heteroatoms. The Hall–Kier alpha value is -0.650. The Kier molecular flexibility index (Phi) is 5.36. The Balaban J connectivity index is 2.20. The van der Waals surface area contributed by atoms with Crippen molar-refractivity contribution in [3.8, 4) is 0 Å². The molecule has 3 N–H and O–H groups in total. The minimum atomic E-state index is -0.529. The summed E-state index contributed by atoms with van der Waals surface area (Å²) in [4.78, 5) is 11.6. The summed E-state index contributed by atoms with van der Waals surface area (Å²) in [6.07, 6.45) is 1.37. The average Bonchev–Trinajstić information content (AvgIpc) is 2.63. The van der Waals surface area contributed by atoms with Crippen molar-refractivity contribution in [3.05, 3.63) is 0 Å². The zero-order valence-corrected chi connectivity index (χ0v) is 11.0. The largest absolute Gasteiger partial charge is 0.353 e. The average molecular weight is 244 g/mol. The Morgan fingerprint density at radius 2 is 2.29 bits per heavy atom. The molecule has 0 saturated carbocycles. The van der Waals surface area contributed by atoms with Crippen LogP contribution >= 0.6 is 0 Å². The van der Waals surface area contributed by atoms with E-state index in [2.05, 4.69) is 5.32 Å². The topological polar surface area (TPSA) is 73.6 Å². The lowest BCUT2D eigenvalue weighted by atomic mass is 10.0. The van der Waals surface area contributed by atoms with Crippen molar-refractivity contribution in [2.75, 3.05) is 19.7 Å². The number of hydrogen-bond acceptors (Lipinski definition) is 4. The number of nitrogens with one attached hydrogen (secondary N) is 1. The summed E-state index contributed by atoms with van der Waals surface area (Å²) in [5.74, 6) is -0.221. The second-order valence-corrected chi connectivity index (χ2v) is 4.97. The molecule has 100 valence electrons. The monoisotopic (exact) mass is 244 g/mol. The molecular weight excluding hydrogens is 220 g/mol. The van der Waals surface area contributed by atoms with Crippen molar-refractivity contribution in [1.82, 2.24) is 5.32 Å². The molecule has 17 heavy (non-hydrogen) atoms. The molecule has 1 amide bonds. The first kappa shape index (κ1) is 14.4. The van der Waals surface area contributed by atoms with Crippen molar-refractivity contribution in [2.45, 2.75) is 45.5 Å². The molecule has 2 unspecified atom stereocenters. The van der Waals surface area contributed by atoms with E-state index in [1.54, 1.807) is 0 Å².